The number of amides is 1. The molecule has 2 aromatic rings. The average molecular weight is 381 g/mol. The number of carbonyl (C=O) groups is 1. The minimum atomic E-state index is 0.0215. The van der Waals surface area contributed by atoms with Crippen LogP contribution in [0.2, 0.25) is 0 Å². The molecule has 0 aliphatic rings. The number of hydrogen-bond donors (Lipinski definition) is 1. The summed E-state index contributed by atoms with van der Waals surface area (Å²) in [7, 11) is 1.96. The zero-order valence-electron chi connectivity index (χ0n) is 13.4. The Balaban J connectivity index is 1.95. The summed E-state index contributed by atoms with van der Waals surface area (Å²) in [6.07, 6.45) is 0. The van der Waals surface area contributed by atoms with Gasteiger partial charge in [-0.05, 0) is 67.0 Å². The van der Waals surface area contributed by atoms with Gasteiger partial charge in [0.05, 0.1) is 10.3 Å². The van der Waals surface area contributed by atoms with Gasteiger partial charge in [-0.15, -0.1) is 11.3 Å². The van der Waals surface area contributed by atoms with Crippen LogP contribution in [0, 0.1) is 20.8 Å². The molecular weight excluding hydrogens is 360 g/mol. The lowest BCUT2D eigenvalue weighted by Crippen LogP contribution is -2.30. The van der Waals surface area contributed by atoms with E-state index >= 15 is 0 Å². The molecule has 1 aromatic carbocycles. The molecule has 0 spiro atoms. The van der Waals surface area contributed by atoms with Gasteiger partial charge in [-0.2, -0.15) is 0 Å². The molecule has 22 heavy (non-hydrogen) atoms. The van der Waals surface area contributed by atoms with E-state index in [9.17, 15) is 4.79 Å². The average Bonchev–Trinajstić information content (AvgIpc) is 2.79. The minimum absolute atomic E-state index is 0.0215. The highest BCUT2D eigenvalue weighted by molar-refractivity contribution is 9.11. The number of carbonyl (C=O) groups excluding carboxylic acids is 1. The Bertz CT molecular complexity index is 658. The second-order valence-corrected chi connectivity index (χ2v) is 8.25. The fourth-order valence-corrected chi connectivity index (χ4v) is 4.12. The summed E-state index contributed by atoms with van der Waals surface area (Å²) >= 11 is 5.16. The van der Waals surface area contributed by atoms with Crippen LogP contribution < -0.4 is 5.32 Å². The second kappa shape index (κ2) is 7.40. The van der Waals surface area contributed by atoms with Crippen LogP contribution in [0.1, 0.15) is 21.6 Å². The predicted molar refractivity (Wildman–Crippen MR) is 97.6 cm³/mol. The first-order valence-corrected chi connectivity index (χ1v) is 8.76. The van der Waals surface area contributed by atoms with Crippen molar-refractivity contribution in [3.05, 3.63) is 49.6 Å². The molecule has 0 saturated carbocycles. The predicted octanol–water partition coefficient (Wildman–Crippen LogP) is 4.51. The van der Waals surface area contributed by atoms with Crippen molar-refractivity contribution in [2.75, 3.05) is 18.9 Å². The van der Waals surface area contributed by atoms with Crippen LogP contribution in [0.3, 0.4) is 0 Å². The minimum Gasteiger partial charge on any atom is -0.324 e. The molecule has 0 fully saturated rings. The fourth-order valence-electron chi connectivity index (χ4n) is 2.56. The van der Waals surface area contributed by atoms with E-state index in [1.165, 1.54) is 10.4 Å². The maximum absolute atomic E-state index is 12.2. The molecule has 0 radical (unpaired) electrons. The van der Waals surface area contributed by atoms with Gasteiger partial charge in [0.1, 0.15) is 0 Å². The zero-order valence-corrected chi connectivity index (χ0v) is 15.8. The number of hydrogen-bond acceptors (Lipinski definition) is 3. The number of thiophene rings is 1. The van der Waals surface area contributed by atoms with Crippen molar-refractivity contribution in [1.82, 2.24) is 4.90 Å². The molecule has 5 heteroatoms. The first-order valence-electron chi connectivity index (χ1n) is 7.15. The lowest BCUT2D eigenvalue weighted by Gasteiger charge is -2.17. The van der Waals surface area contributed by atoms with Crippen LogP contribution >= 0.6 is 27.3 Å². The Hall–Kier alpha value is -1.17. The third kappa shape index (κ3) is 4.66. The summed E-state index contributed by atoms with van der Waals surface area (Å²) in [6.45, 7) is 7.28. The van der Waals surface area contributed by atoms with E-state index in [4.69, 9.17) is 0 Å². The van der Waals surface area contributed by atoms with Gasteiger partial charge in [-0.1, -0.05) is 17.7 Å². The molecule has 0 atom stereocenters. The highest BCUT2D eigenvalue weighted by Crippen LogP contribution is 2.23. The van der Waals surface area contributed by atoms with E-state index in [0.29, 0.717) is 6.54 Å². The number of rotatable bonds is 5. The second-order valence-electron chi connectivity index (χ2n) is 5.70. The molecular formula is C17H21BrN2OS. The monoisotopic (exact) mass is 380 g/mol. The van der Waals surface area contributed by atoms with Gasteiger partial charge in [-0.3, -0.25) is 9.69 Å². The number of nitrogens with zero attached hydrogens (tertiary/aromatic N) is 1. The summed E-state index contributed by atoms with van der Waals surface area (Å²) in [4.78, 5) is 15.5. The van der Waals surface area contributed by atoms with Crippen LogP contribution in [-0.4, -0.2) is 24.4 Å². The maximum Gasteiger partial charge on any atom is 0.238 e. The van der Waals surface area contributed by atoms with Gasteiger partial charge in [-0.25, -0.2) is 0 Å². The SMILES string of the molecule is Cc1cc(C)c(NC(=O)CN(C)Cc2ccc(Br)s2)c(C)c1. The molecule has 3 nitrogen and oxygen atoms in total. The lowest BCUT2D eigenvalue weighted by atomic mass is 10.1. The van der Waals surface area contributed by atoms with Crippen LogP contribution in [0.4, 0.5) is 5.69 Å². The van der Waals surface area contributed by atoms with Crippen molar-refractivity contribution in [2.24, 2.45) is 0 Å². The number of benzene rings is 1. The van der Waals surface area contributed by atoms with Crippen LogP contribution in [0.15, 0.2) is 28.1 Å². The molecule has 1 amide bonds. The smallest absolute Gasteiger partial charge is 0.238 e. The van der Waals surface area contributed by atoms with E-state index in [-0.39, 0.29) is 5.91 Å². The van der Waals surface area contributed by atoms with Gasteiger partial charge in [0.15, 0.2) is 0 Å². The highest BCUT2D eigenvalue weighted by Gasteiger charge is 2.11. The molecule has 2 rings (SSSR count). The Morgan fingerprint density at radius 2 is 1.86 bits per heavy atom. The van der Waals surface area contributed by atoms with E-state index in [1.807, 2.05) is 31.9 Å². The van der Waals surface area contributed by atoms with Crippen molar-refractivity contribution in [3.63, 3.8) is 0 Å². The Morgan fingerprint density at radius 1 is 1.23 bits per heavy atom. The normalized spacial score (nSPS) is 11.0. The van der Waals surface area contributed by atoms with Crippen molar-refractivity contribution < 1.29 is 4.79 Å². The number of halogens is 1. The van der Waals surface area contributed by atoms with Crippen molar-refractivity contribution in [3.8, 4) is 0 Å². The quantitative estimate of drug-likeness (QED) is 0.827. The largest absolute Gasteiger partial charge is 0.324 e. The number of aryl methyl sites for hydroxylation is 3. The molecule has 0 aliphatic heterocycles. The van der Waals surface area contributed by atoms with E-state index in [1.54, 1.807) is 11.3 Å². The molecule has 1 aromatic heterocycles. The van der Waals surface area contributed by atoms with Crippen molar-refractivity contribution in [2.45, 2.75) is 27.3 Å². The summed E-state index contributed by atoms with van der Waals surface area (Å²) in [6, 6.07) is 8.30. The Labute approximate surface area is 144 Å². The third-order valence-electron chi connectivity index (χ3n) is 3.41. The standard InChI is InChI=1S/C17H21BrN2OS/c1-11-7-12(2)17(13(3)8-11)19-16(21)10-20(4)9-14-5-6-15(18)22-14/h5-8H,9-10H2,1-4H3,(H,19,21). The topological polar surface area (TPSA) is 32.3 Å². The van der Waals surface area contributed by atoms with Gasteiger partial charge in [0.2, 0.25) is 5.91 Å². The van der Waals surface area contributed by atoms with Gasteiger partial charge in [0.25, 0.3) is 0 Å². The lowest BCUT2D eigenvalue weighted by molar-refractivity contribution is -0.117. The first kappa shape index (κ1) is 17.2. The molecule has 1 N–H and O–H groups in total. The van der Waals surface area contributed by atoms with Crippen LogP contribution in [-0.2, 0) is 11.3 Å². The van der Waals surface area contributed by atoms with Crippen LogP contribution in [0.5, 0.6) is 0 Å². The zero-order chi connectivity index (χ0) is 16.3. The van der Waals surface area contributed by atoms with E-state index in [0.717, 1.165) is 27.1 Å². The third-order valence-corrected chi connectivity index (χ3v) is 5.02. The molecule has 1 heterocycles. The Morgan fingerprint density at radius 3 is 2.41 bits per heavy atom. The molecule has 118 valence electrons. The van der Waals surface area contributed by atoms with Gasteiger partial charge in [0, 0.05) is 17.1 Å². The molecule has 0 unspecified atom stereocenters. The summed E-state index contributed by atoms with van der Waals surface area (Å²) in [5, 5.41) is 3.04. The van der Waals surface area contributed by atoms with Crippen molar-refractivity contribution in [1.29, 1.82) is 0 Å². The molecule has 0 bridgehead atoms. The van der Waals surface area contributed by atoms with Gasteiger partial charge >= 0.3 is 0 Å². The molecule has 0 aliphatic carbocycles. The van der Waals surface area contributed by atoms with Gasteiger partial charge < -0.3 is 5.32 Å². The van der Waals surface area contributed by atoms with E-state index in [2.05, 4.69) is 46.4 Å². The van der Waals surface area contributed by atoms with Crippen molar-refractivity contribution >= 4 is 38.9 Å². The fraction of sp³-hybridized carbons (Fsp3) is 0.353. The van der Waals surface area contributed by atoms with E-state index < -0.39 is 0 Å². The number of nitrogens with one attached hydrogen (secondary N) is 1. The number of likely N-dealkylation sites (N-methyl/N-ethyl adjacent to an activating group) is 1. The summed E-state index contributed by atoms with van der Waals surface area (Å²) in [5.41, 5.74) is 4.36. The summed E-state index contributed by atoms with van der Waals surface area (Å²) in [5.74, 6) is 0.0215. The Kier molecular flexibility index (Phi) is 5.78. The highest BCUT2D eigenvalue weighted by atomic mass is 79.9. The number of anilines is 1. The summed E-state index contributed by atoms with van der Waals surface area (Å²) < 4.78 is 1.12. The molecule has 0 saturated heterocycles. The first-order chi connectivity index (χ1) is 10.3. The maximum atomic E-state index is 12.2. The van der Waals surface area contributed by atoms with Crippen LogP contribution in [0.25, 0.3) is 0 Å².